The summed E-state index contributed by atoms with van der Waals surface area (Å²) < 4.78 is 10.8. The topological polar surface area (TPSA) is 46.6 Å². The fraction of sp³-hybridized carbons (Fsp3) is 0.438. The molecule has 0 saturated heterocycles. The molecule has 0 spiro atoms. The number of benzene rings is 1. The smallest absolute Gasteiger partial charge is 0.134 e. The van der Waals surface area contributed by atoms with Crippen LogP contribution in [0.1, 0.15) is 0 Å². The van der Waals surface area contributed by atoms with Gasteiger partial charge in [0.15, 0.2) is 0 Å². The first-order valence-electron chi connectivity index (χ1n) is 7.10. The quantitative estimate of drug-likeness (QED) is 0.755. The number of aromatic nitrogens is 1. The molecule has 21 heavy (non-hydrogen) atoms. The van der Waals surface area contributed by atoms with Crippen molar-refractivity contribution in [3.63, 3.8) is 0 Å². The fourth-order valence-corrected chi connectivity index (χ4v) is 2.01. The highest BCUT2D eigenvalue weighted by molar-refractivity contribution is 5.92. The fourth-order valence-electron chi connectivity index (χ4n) is 2.01. The number of fused-ring (bicyclic) bond motifs is 1. The van der Waals surface area contributed by atoms with Gasteiger partial charge in [-0.15, -0.1) is 0 Å². The predicted molar refractivity (Wildman–Crippen MR) is 86.2 cm³/mol. The molecule has 0 radical (unpaired) electrons. The van der Waals surface area contributed by atoms with Crippen molar-refractivity contribution < 1.29 is 9.47 Å². The summed E-state index contributed by atoms with van der Waals surface area (Å²) in [6.07, 6.45) is 1.81. The molecule has 0 saturated carbocycles. The van der Waals surface area contributed by atoms with Gasteiger partial charge < -0.3 is 19.7 Å². The van der Waals surface area contributed by atoms with Crippen LogP contribution in [0.5, 0.6) is 5.75 Å². The third-order valence-electron chi connectivity index (χ3n) is 3.19. The SMILES string of the molecule is COc1ccc2ccnc(NCCOCCN(C)C)c2c1. The molecule has 1 aromatic heterocycles. The second-order valence-corrected chi connectivity index (χ2v) is 5.09. The van der Waals surface area contributed by atoms with E-state index < -0.39 is 0 Å². The molecule has 0 atom stereocenters. The highest BCUT2D eigenvalue weighted by Gasteiger charge is 2.03. The standard InChI is InChI=1S/C16H23N3O2/c1-19(2)9-11-21-10-8-18-16-15-12-14(20-3)5-4-13(15)6-7-17-16/h4-7,12H,8-11H2,1-3H3,(H,17,18). The molecule has 0 aliphatic rings. The van der Waals surface area contributed by atoms with Crippen molar-refractivity contribution in [2.75, 3.05) is 52.8 Å². The van der Waals surface area contributed by atoms with Crippen molar-refractivity contribution in [2.45, 2.75) is 0 Å². The third kappa shape index (κ3) is 4.58. The Morgan fingerprint density at radius 1 is 1.19 bits per heavy atom. The number of rotatable bonds is 8. The first kappa shape index (κ1) is 15.5. The molecule has 5 heteroatoms. The molecule has 2 aromatic rings. The van der Waals surface area contributed by atoms with Crippen molar-refractivity contribution in [1.29, 1.82) is 0 Å². The summed E-state index contributed by atoms with van der Waals surface area (Å²) in [6, 6.07) is 7.98. The zero-order valence-corrected chi connectivity index (χ0v) is 12.9. The first-order chi connectivity index (χ1) is 10.2. The van der Waals surface area contributed by atoms with Crippen LogP contribution in [-0.2, 0) is 4.74 Å². The normalized spacial score (nSPS) is 11.0. The molecule has 114 valence electrons. The Bertz CT molecular complexity index is 572. The van der Waals surface area contributed by atoms with Crippen LogP contribution in [0.3, 0.4) is 0 Å². The summed E-state index contributed by atoms with van der Waals surface area (Å²) in [4.78, 5) is 6.50. The Balaban J connectivity index is 1.92. The maximum Gasteiger partial charge on any atom is 0.134 e. The molecule has 0 aliphatic carbocycles. The van der Waals surface area contributed by atoms with Gasteiger partial charge in [-0.2, -0.15) is 0 Å². The van der Waals surface area contributed by atoms with Gasteiger partial charge in [-0.05, 0) is 37.7 Å². The van der Waals surface area contributed by atoms with Crippen LogP contribution in [0, 0.1) is 0 Å². The third-order valence-corrected chi connectivity index (χ3v) is 3.19. The van der Waals surface area contributed by atoms with Gasteiger partial charge in [-0.3, -0.25) is 0 Å². The number of pyridine rings is 1. The summed E-state index contributed by atoms with van der Waals surface area (Å²) in [7, 11) is 5.74. The van der Waals surface area contributed by atoms with E-state index in [0.29, 0.717) is 6.61 Å². The summed E-state index contributed by atoms with van der Waals surface area (Å²) in [5.41, 5.74) is 0. The van der Waals surface area contributed by atoms with Crippen LogP contribution < -0.4 is 10.1 Å². The van der Waals surface area contributed by atoms with E-state index in [0.717, 1.165) is 42.0 Å². The molecule has 1 heterocycles. The van der Waals surface area contributed by atoms with Gasteiger partial charge in [-0.1, -0.05) is 6.07 Å². The number of nitrogens with zero attached hydrogens (tertiary/aromatic N) is 2. The Labute approximate surface area is 125 Å². The summed E-state index contributed by atoms with van der Waals surface area (Å²) in [5.74, 6) is 1.70. The Morgan fingerprint density at radius 2 is 2.05 bits per heavy atom. The first-order valence-corrected chi connectivity index (χ1v) is 7.10. The number of nitrogens with one attached hydrogen (secondary N) is 1. The van der Waals surface area contributed by atoms with Crippen LogP contribution in [0.2, 0.25) is 0 Å². The predicted octanol–water partition coefficient (Wildman–Crippen LogP) is 2.23. The lowest BCUT2D eigenvalue weighted by atomic mass is 10.1. The van der Waals surface area contributed by atoms with E-state index >= 15 is 0 Å². The van der Waals surface area contributed by atoms with Crippen LogP contribution in [0.4, 0.5) is 5.82 Å². The van der Waals surface area contributed by atoms with Crippen molar-refractivity contribution in [2.24, 2.45) is 0 Å². The number of anilines is 1. The van der Waals surface area contributed by atoms with Gasteiger partial charge in [0, 0.05) is 24.7 Å². The zero-order valence-electron chi connectivity index (χ0n) is 12.9. The summed E-state index contributed by atoms with van der Waals surface area (Å²) >= 11 is 0. The zero-order chi connectivity index (χ0) is 15.1. The van der Waals surface area contributed by atoms with Gasteiger partial charge in [0.05, 0.1) is 20.3 Å². The number of likely N-dealkylation sites (N-methyl/N-ethyl adjacent to an activating group) is 1. The lowest BCUT2D eigenvalue weighted by molar-refractivity contribution is 0.126. The molecule has 0 bridgehead atoms. The molecular formula is C16H23N3O2. The van der Waals surface area contributed by atoms with Crippen LogP contribution in [-0.4, -0.2) is 57.4 Å². The van der Waals surface area contributed by atoms with Gasteiger partial charge in [0.1, 0.15) is 11.6 Å². The largest absolute Gasteiger partial charge is 0.497 e. The lowest BCUT2D eigenvalue weighted by Crippen LogP contribution is -2.20. The molecule has 1 aromatic carbocycles. The average molecular weight is 289 g/mol. The van der Waals surface area contributed by atoms with Gasteiger partial charge in [-0.25, -0.2) is 4.98 Å². The van der Waals surface area contributed by atoms with E-state index in [2.05, 4.69) is 15.2 Å². The summed E-state index contributed by atoms with van der Waals surface area (Å²) in [5, 5.41) is 5.52. The van der Waals surface area contributed by atoms with E-state index in [1.54, 1.807) is 7.11 Å². The Hall–Kier alpha value is -1.85. The number of hydrogen-bond donors (Lipinski definition) is 1. The van der Waals surface area contributed by atoms with E-state index in [1.165, 1.54) is 0 Å². The van der Waals surface area contributed by atoms with Crippen molar-refractivity contribution in [3.05, 3.63) is 30.5 Å². The van der Waals surface area contributed by atoms with Crippen LogP contribution >= 0.6 is 0 Å². The molecule has 5 nitrogen and oxygen atoms in total. The molecule has 0 aliphatic heterocycles. The van der Waals surface area contributed by atoms with Crippen LogP contribution in [0.15, 0.2) is 30.5 Å². The van der Waals surface area contributed by atoms with E-state index in [-0.39, 0.29) is 0 Å². The minimum absolute atomic E-state index is 0.663. The highest BCUT2D eigenvalue weighted by Crippen LogP contribution is 2.25. The number of methoxy groups -OCH3 is 1. The molecule has 2 rings (SSSR count). The molecule has 1 N–H and O–H groups in total. The van der Waals surface area contributed by atoms with E-state index in [9.17, 15) is 0 Å². The molecule has 0 amide bonds. The van der Waals surface area contributed by atoms with Gasteiger partial charge in [0.25, 0.3) is 0 Å². The van der Waals surface area contributed by atoms with Crippen molar-refractivity contribution in [1.82, 2.24) is 9.88 Å². The van der Waals surface area contributed by atoms with Crippen molar-refractivity contribution >= 4 is 16.6 Å². The second-order valence-electron chi connectivity index (χ2n) is 5.09. The number of ether oxygens (including phenoxy) is 2. The minimum Gasteiger partial charge on any atom is -0.497 e. The van der Waals surface area contributed by atoms with Gasteiger partial charge >= 0.3 is 0 Å². The Kier molecular flexibility index (Phi) is 5.78. The summed E-state index contributed by atoms with van der Waals surface area (Å²) in [6.45, 7) is 3.07. The molecule has 0 unspecified atom stereocenters. The maximum atomic E-state index is 5.57. The van der Waals surface area contributed by atoms with E-state index in [1.807, 2.05) is 44.6 Å². The van der Waals surface area contributed by atoms with E-state index in [4.69, 9.17) is 9.47 Å². The Morgan fingerprint density at radius 3 is 2.81 bits per heavy atom. The van der Waals surface area contributed by atoms with Crippen LogP contribution in [0.25, 0.3) is 10.8 Å². The number of hydrogen-bond acceptors (Lipinski definition) is 5. The maximum absolute atomic E-state index is 5.57. The molecule has 0 fully saturated rings. The average Bonchev–Trinajstić information content (AvgIpc) is 2.50. The molecular weight excluding hydrogens is 266 g/mol. The van der Waals surface area contributed by atoms with Gasteiger partial charge in [0.2, 0.25) is 0 Å². The van der Waals surface area contributed by atoms with Crippen molar-refractivity contribution in [3.8, 4) is 5.75 Å². The highest BCUT2D eigenvalue weighted by atomic mass is 16.5. The minimum atomic E-state index is 0.663. The monoisotopic (exact) mass is 289 g/mol. The lowest BCUT2D eigenvalue weighted by Gasteiger charge is -2.12. The second kappa shape index (κ2) is 7.81.